The van der Waals surface area contributed by atoms with Gasteiger partial charge in [-0.3, -0.25) is 9.97 Å². The molecule has 3 heterocycles. The van der Waals surface area contributed by atoms with Gasteiger partial charge in [0.2, 0.25) is 5.88 Å². The van der Waals surface area contributed by atoms with Crippen LogP contribution in [-0.4, -0.2) is 21.1 Å². The Morgan fingerprint density at radius 1 is 0.786 bits per heavy atom. The van der Waals surface area contributed by atoms with Gasteiger partial charge in [-0.1, -0.05) is 18.6 Å². The number of nitrogens with zero attached hydrogens (tertiary/aromatic N) is 3. The lowest BCUT2D eigenvalue weighted by Gasteiger charge is -2.22. The van der Waals surface area contributed by atoms with Gasteiger partial charge in [0.05, 0.1) is 29.5 Å². The number of rotatable bonds is 4. The first-order valence-corrected chi connectivity index (χ1v) is 9.92. The predicted molar refractivity (Wildman–Crippen MR) is 109 cm³/mol. The maximum absolute atomic E-state index is 6.00. The molecule has 1 fully saturated rings. The highest BCUT2D eigenvalue weighted by atomic mass is 16.5. The second-order valence-electron chi connectivity index (χ2n) is 7.36. The number of aromatic nitrogens is 3. The SMILES string of the molecule is c1ccc2c(c1)NC(c1cnc(-c3ccc(OC4CCCCC4)nc3)cn1)N2. The van der Waals surface area contributed by atoms with Crippen molar-refractivity contribution in [1.82, 2.24) is 15.0 Å². The molecule has 6 heteroatoms. The van der Waals surface area contributed by atoms with E-state index in [9.17, 15) is 0 Å². The van der Waals surface area contributed by atoms with E-state index in [0.717, 1.165) is 41.2 Å². The summed E-state index contributed by atoms with van der Waals surface area (Å²) in [4.78, 5) is 13.6. The Morgan fingerprint density at radius 3 is 2.21 bits per heavy atom. The Labute approximate surface area is 164 Å². The number of para-hydroxylation sites is 2. The first kappa shape index (κ1) is 17.0. The first-order chi connectivity index (χ1) is 13.8. The van der Waals surface area contributed by atoms with Gasteiger partial charge in [0, 0.05) is 17.8 Å². The van der Waals surface area contributed by atoms with Gasteiger partial charge in [-0.25, -0.2) is 4.98 Å². The summed E-state index contributed by atoms with van der Waals surface area (Å²) in [5.74, 6) is 0.692. The van der Waals surface area contributed by atoms with Crippen molar-refractivity contribution in [1.29, 1.82) is 0 Å². The highest BCUT2D eigenvalue weighted by molar-refractivity contribution is 5.74. The van der Waals surface area contributed by atoms with Crippen LogP contribution in [0.2, 0.25) is 0 Å². The first-order valence-electron chi connectivity index (χ1n) is 9.92. The van der Waals surface area contributed by atoms with Crippen LogP contribution in [0, 0.1) is 0 Å². The molecule has 2 aliphatic rings. The van der Waals surface area contributed by atoms with Gasteiger partial charge >= 0.3 is 0 Å². The largest absolute Gasteiger partial charge is 0.474 e. The lowest BCUT2D eigenvalue weighted by Crippen LogP contribution is -2.20. The van der Waals surface area contributed by atoms with E-state index in [-0.39, 0.29) is 6.17 Å². The zero-order chi connectivity index (χ0) is 18.8. The molecule has 1 aliphatic heterocycles. The lowest BCUT2D eigenvalue weighted by atomic mass is 9.98. The molecule has 6 nitrogen and oxygen atoms in total. The van der Waals surface area contributed by atoms with E-state index < -0.39 is 0 Å². The Bertz CT molecular complexity index is 911. The molecule has 2 N–H and O–H groups in total. The standard InChI is InChI=1S/C22H23N5O/c1-2-6-16(7-3-1)28-21-11-10-15(12-25-21)19-13-24-20(14-23-19)22-26-17-8-4-5-9-18(17)27-22/h4-5,8-14,16,22,26-27H,1-3,6-7H2. The monoisotopic (exact) mass is 373 g/mol. The Morgan fingerprint density at radius 2 is 1.57 bits per heavy atom. The van der Waals surface area contributed by atoms with E-state index in [1.54, 1.807) is 12.4 Å². The van der Waals surface area contributed by atoms with Crippen LogP contribution in [-0.2, 0) is 0 Å². The van der Waals surface area contributed by atoms with Gasteiger partial charge in [0.1, 0.15) is 18.0 Å². The van der Waals surface area contributed by atoms with Crippen molar-refractivity contribution in [3.05, 3.63) is 60.7 Å². The summed E-state index contributed by atoms with van der Waals surface area (Å²) in [7, 11) is 0. The second kappa shape index (κ2) is 7.46. The molecule has 0 saturated heterocycles. The molecular weight excluding hydrogens is 350 g/mol. The Balaban J connectivity index is 1.26. The molecule has 0 spiro atoms. The number of fused-ring (bicyclic) bond motifs is 1. The second-order valence-corrected chi connectivity index (χ2v) is 7.36. The van der Waals surface area contributed by atoms with E-state index in [0.29, 0.717) is 12.0 Å². The van der Waals surface area contributed by atoms with Gasteiger partial charge in [-0.2, -0.15) is 0 Å². The Kier molecular flexibility index (Phi) is 4.53. The van der Waals surface area contributed by atoms with E-state index >= 15 is 0 Å². The topological polar surface area (TPSA) is 72.0 Å². The van der Waals surface area contributed by atoms with Crippen LogP contribution in [0.25, 0.3) is 11.3 Å². The summed E-state index contributed by atoms with van der Waals surface area (Å²) in [5, 5.41) is 6.83. The van der Waals surface area contributed by atoms with Gasteiger partial charge in [-0.15, -0.1) is 0 Å². The summed E-state index contributed by atoms with van der Waals surface area (Å²) in [6, 6.07) is 12.0. The van der Waals surface area contributed by atoms with Gasteiger partial charge in [0.25, 0.3) is 0 Å². The lowest BCUT2D eigenvalue weighted by molar-refractivity contribution is 0.148. The number of anilines is 2. The molecule has 0 amide bonds. The van der Waals surface area contributed by atoms with Gasteiger partial charge < -0.3 is 15.4 Å². The molecule has 3 aromatic rings. The van der Waals surface area contributed by atoms with E-state index in [1.807, 2.05) is 42.6 Å². The number of nitrogens with one attached hydrogen (secondary N) is 2. The van der Waals surface area contributed by atoms with Crippen LogP contribution in [0.5, 0.6) is 5.88 Å². The number of benzene rings is 1. The zero-order valence-electron chi connectivity index (χ0n) is 15.6. The fourth-order valence-electron chi connectivity index (χ4n) is 3.82. The van der Waals surface area contributed by atoms with Crippen molar-refractivity contribution >= 4 is 11.4 Å². The van der Waals surface area contributed by atoms with Gasteiger partial charge in [0.15, 0.2) is 0 Å². The van der Waals surface area contributed by atoms with Crippen LogP contribution in [0.4, 0.5) is 11.4 Å². The fraction of sp³-hybridized carbons (Fsp3) is 0.318. The maximum Gasteiger partial charge on any atom is 0.213 e. The zero-order valence-corrected chi connectivity index (χ0v) is 15.6. The van der Waals surface area contributed by atoms with Crippen molar-refractivity contribution < 1.29 is 4.74 Å². The van der Waals surface area contributed by atoms with Crippen molar-refractivity contribution in [3.63, 3.8) is 0 Å². The fourth-order valence-corrected chi connectivity index (χ4v) is 3.82. The van der Waals surface area contributed by atoms with Crippen molar-refractivity contribution in [2.45, 2.75) is 44.4 Å². The highest BCUT2D eigenvalue weighted by Gasteiger charge is 2.22. The molecule has 0 unspecified atom stereocenters. The molecule has 28 heavy (non-hydrogen) atoms. The normalized spacial score (nSPS) is 16.9. The van der Waals surface area contributed by atoms with E-state index in [2.05, 4.69) is 25.6 Å². The van der Waals surface area contributed by atoms with Crippen LogP contribution in [0.1, 0.15) is 44.0 Å². The molecule has 142 valence electrons. The number of pyridine rings is 1. The molecular formula is C22H23N5O. The summed E-state index contributed by atoms with van der Waals surface area (Å²) in [6.07, 6.45) is 11.7. The minimum atomic E-state index is -0.0663. The van der Waals surface area contributed by atoms with Gasteiger partial charge in [-0.05, 0) is 43.9 Å². The Hall–Kier alpha value is -3.15. The third-order valence-corrected chi connectivity index (χ3v) is 5.37. The summed E-state index contributed by atoms with van der Waals surface area (Å²) >= 11 is 0. The quantitative estimate of drug-likeness (QED) is 0.685. The number of hydrogen-bond donors (Lipinski definition) is 2. The van der Waals surface area contributed by atoms with Crippen LogP contribution < -0.4 is 15.4 Å². The minimum absolute atomic E-state index is 0.0663. The third kappa shape index (κ3) is 3.50. The molecule has 0 atom stereocenters. The molecule has 1 aliphatic carbocycles. The average Bonchev–Trinajstić information content (AvgIpc) is 3.20. The smallest absolute Gasteiger partial charge is 0.213 e. The summed E-state index contributed by atoms with van der Waals surface area (Å²) in [5.41, 5.74) is 4.75. The number of ether oxygens (including phenoxy) is 1. The van der Waals surface area contributed by atoms with E-state index in [4.69, 9.17) is 4.74 Å². The third-order valence-electron chi connectivity index (χ3n) is 5.37. The van der Waals surface area contributed by atoms with Crippen molar-refractivity contribution in [2.24, 2.45) is 0 Å². The summed E-state index contributed by atoms with van der Waals surface area (Å²) in [6.45, 7) is 0. The molecule has 1 aromatic carbocycles. The predicted octanol–water partition coefficient (Wildman–Crippen LogP) is 4.79. The number of hydrogen-bond acceptors (Lipinski definition) is 6. The van der Waals surface area contributed by atoms with Crippen LogP contribution in [0.15, 0.2) is 55.0 Å². The van der Waals surface area contributed by atoms with Crippen LogP contribution >= 0.6 is 0 Å². The average molecular weight is 373 g/mol. The summed E-state index contributed by atoms with van der Waals surface area (Å²) < 4.78 is 6.00. The molecule has 0 bridgehead atoms. The van der Waals surface area contributed by atoms with Crippen molar-refractivity contribution in [3.8, 4) is 17.1 Å². The minimum Gasteiger partial charge on any atom is -0.474 e. The van der Waals surface area contributed by atoms with Crippen LogP contribution in [0.3, 0.4) is 0 Å². The molecule has 1 saturated carbocycles. The van der Waals surface area contributed by atoms with E-state index in [1.165, 1.54) is 19.3 Å². The van der Waals surface area contributed by atoms with Crippen molar-refractivity contribution in [2.75, 3.05) is 10.6 Å². The molecule has 2 aromatic heterocycles. The molecule has 0 radical (unpaired) electrons. The maximum atomic E-state index is 6.00. The molecule has 5 rings (SSSR count). The highest BCUT2D eigenvalue weighted by Crippen LogP contribution is 2.34.